The normalized spacial score (nSPS) is 10.9. The van der Waals surface area contributed by atoms with Crippen LogP contribution in [0.2, 0.25) is 0 Å². The van der Waals surface area contributed by atoms with E-state index in [2.05, 4.69) is 16.7 Å². The Bertz CT molecular complexity index is 1040. The fourth-order valence-electron chi connectivity index (χ4n) is 2.99. The van der Waals surface area contributed by atoms with Crippen LogP contribution in [0.4, 0.5) is 0 Å². The SMILES string of the molecule is O=C(O)c1ccc2nc(-c3ccccc3)n(Cc3ccccc3)c2c1. The number of imidazole rings is 1. The summed E-state index contributed by atoms with van der Waals surface area (Å²) in [6, 6.07) is 25.1. The molecule has 122 valence electrons. The summed E-state index contributed by atoms with van der Waals surface area (Å²) in [5, 5.41) is 9.32. The molecule has 4 nitrogen and oxygen atoms in total. The van der Waals surface area contributed by atoms with E-state index in [1.807, 2.05) is 48.5 Å². The van der Waals surface area contributed by atoms with Crippen molar-refractivity contribution in [3.05, 3.63) is 90.0 Å². The Hall–Kier alpha value is -3.40. The maximum Gasteiger partial charge on any atom is 0.335 e. The van der Waals surface area contributed by atoms with Gasteiger partial charge in [-0.05, 0) is 23.8 Å². The van der Waals surface area contributed by atoms with Crippen molar-refractivity contribution in [1.29, 1.82) is 0 Å². The Morgan fingerprint density at radius 1 is 0.920 bits per heavy atom. The lowest BCUT2D eigenvalue weighted by Gasteiger charge is -2.10. The van der Waals surface area contributed by atoms with Crippen molar-refractivity contribution in [3.63, 3.8) is 0 Å². The predicted octanol–water partition coefficient (Wildman–Crippen LogP) is 4.45. The van der Waals surface area contributed by atoms with Gasteiger partial charge in [0.1, 0.15) is 5.82 Å². The number of aromatic carboxylic acids is 1. The Morgan fingerprint density at radius 2 is 1.60 bits per heavy atom. The molecule has 3 aromatic carbocycles. The number of carboxylic acids is 1. The number of benzene rings is 3. The molecule has 1 N–H and O–H groups in total. The zero-order valence-electron chi connectivity index (χ0n) is 13.5. The predicted molar refractivity (Wildman–Crippen MR) is 97.7 cm³/mol. The molecule has 4 heteroatoms. The maximum atomic E-state index is 11.4. The third-order valence-electron chi connectivity index (χ3n) is 4.21. The van der Waals surface area contributed by atoms with Gasteiger partial charge < -0.3 is 9.67 Å². The standard InChI is InChI=1S/C21H16N2O2/c24-21(25)17-11-12-18-19(13-17)23(14-15-7-3-1-4-8-15)20(22-18)16-9-5-2-6-10-16/h1-13H,14H2,(H,24,25). The summed E-state index contributed by atoms with van der Waals surface area (Å²) in [5.41, 5.74) is 4.02. The lowest BCUT2D eigenvalue weighted by atomic mass is 10.1. The van der Waals surface area contributed by atoms with Gasteiger partial charge in [-0.1, -0.05) is 60.7 Å². The largest absolute Gasteiger partial charge is 0.478 e. The molecule has 0 bridgehead atoms. The lowest BCUT2D eigenvalue weighted by molar-refractivity contribution is 0.0697. The second kappa shape index (κ2) is 6.24. The van der Waals surface area contributed by atoms with E-state index < -0.39 is 5.97 Å². The molecule has 4 aromatic rings. The highest BCUT2D eigenvalue weighted by molar-refractivity contribution is 5.93. The average Bonchev–Trinajstić information content (AvgIpc) is 3.01. The minimum Gasteiger partial charge on any atom is -0.478 e. The van der Waals surface area contributed by atoms with E-state index in [1.54, 1.807) is 18.2 Å². The summed E-state index contributed by atoms with van der Waals surface area (Å²) < 4.78 is 2.08. The summed E-state index contributed by atoms with van der Waals surface area (Å²) in [7, 11) is 0. The highest BCUT2D eigenvalue weighted by Crippen LogP contribution is 2.26. The van der Waals surface area contributed by atoms with Crippen LogP contribution in [0.15, 0.2) is 78.9 Å². The average molecular weight is 328 g/mol. The highest BCUT2D eigenvalue weighted by atomic mass is 16.4. The summed E-state index contributed by atoms with van der Waals surface area (Å²) in [6.45, 7) is 0.630. The second-order valence-corrected chi connectivity index (χ2v) is 5.88. The number of hydrogen-bond acceptors (Lipinski definition) is 2. The number of hydrogen-bond donors (Lipinski definition) is 1. The number of aromatic nitrogens is 2. The van der Waals surface area contributed by atoms with Gasteiger partial charge in [-0.2, -0.15) is 0 Å². The van der Waals surface area contributed by atoms with E-state index in [4.69, 9.17) is 4.98 Å². The first-order valence-electron chi connectivity index (χ1n) is 8.05. The molecule has 0 unspecified atom stereocenters. The van der Waals surface area contributed by atoms with Crippen LogP contribution in [0.1, 0.15) is 15.9 Å². The number of rotatable bonds is 4. The van der Waals surface area contributed by atoms with Crippen molar-refractivity contribution in [2.45, 2.75) is 6.54 Å². The van der Waals surface area contributed by atoms with Gasteiger partial charge in [0.25, 0.3) is 0 Å². The zero-order valence-corrected chi connectivity index (χ0v) is 13.5. The number of fused-ring (bicyclic) bond motifs is 1. The number of carbonyl (C=O) groups is 1. The van der Waals surface area contributed by atoms with E-state index in [1.165, 1.54) is 0 Å². The fraction of sp³-hybridized carbons (Fsp3) is 0.0476. The van der Waals surface area contributed by atoms with Crippen molar-refractivity contribution in [2.24, 2.45) is 0 Å². The van der Waals surface area contributed by atoms with E-state index >= 15 is 0 Å². The van der Waals surface area contributed by atoms with Crippen LogP contribution < -0.4 is 0 Å². The number of carboxylic acid groups (broad SMARTS) is 1. The molecule has 0 fully saturated rings. The van der Waals surface area contributed by atoms with Crippen molar-refractivity contribution < 1.29 is 9.90 Å². The Morgan fingerprint density at radius 3 is 2.28 bits per heavy atom. The summed E-state index contributed by atoms with van der Waals surface area (Å²) in [5.74, 6) is -0.0994. The van der Waals surface area contributed by atoms with Crippen LogP contribution >= 0.6 is 0 Å². The fourth-order valence-corrected chi connectivity index (χ4v) is 2.99. The number of nitrogens with zero attached hydrogens (tertiary/aromatic N) is 2. The van der Waals surface area contributed by atoms with Crippen molar-refractivity contribution in [1.82, 2.24) is 9.55 Å². The summed E-state index contributed by atoms with van der Waals surface area (Å²) in [6.07, 6.45) is 0. The van der Waals surface area contributed by atoms with Crippen molar-refractivity contribution in [2.75, 3.05) is 0 Å². The van der Waals surface area contributed by atoms with Gasteiger partial charge in [-0.15, -0.1) is 0 Å². The quantitative estimate of drug-likeness (QED) is 0.602. The molecule has 0 atom stereocenters. The molecule has 0 saturated heterocycles. The van der Waals surface area contributed by atoms with Crippen LogP contribution in [0.3, 0.4) is 0 Å². The van der Waals surface area contributed by atoms with Crippen LogP contribution in [0.25, 0.3) is 22.4 Å². The van der Waals surface area contributed by atoms with Gasteiger partial charge >= 0.3 is 5.97 Å². The zero-order chi connectivity index (χ0) is 17.2. The molecule has 4 rings (SSSR count). The second-order valence-electron chi connectivity index (χ2n) is 5.88. The van der Waals surface area contributed by atoms with Gasteiger partial charge in [-0.25, -0.2) is 9.78 Å². The minimum absolute atomic E-state index is 0.265. The van der Waals surface area contributed by atoms with Crippen molar-refractivity contribution >= 4 is 17.0 Å². The Kier molecular flexibility index (Phi) is 3.78. The van der Waals surface area contributed by atoms with E-state index in [0.29, 0.717) is 6.54 Å². The molecule has 0 amide bonds. The highest BCUT2D eigenvalue weighted by Gasteiger charge is 2.15. The van der Waals surface area contributed by atoms with E-state index in [0.717, 1.165) is 28.0 Å². The first kappa shape index (κ1) is 15.1. The van der Waals surface area contributed by atoms with Gasteiger partial charge in [0, 0.05) is 12.1 Å². The Labute approximate surface area is 145 Å². The van der Waals surface area contributed by atoms with Gasteiger partial charge in [0.15, 0.2) is 0 Å². The molecule has 0 aliphatic heterocycles. The van der Waals surface area contributed by atoms with Crippen LogP contribution in [0, 0.1) is 0 Å². The third kappa shape index (κ3) is 2.90. The molecule has 0 spiro atoms. The monoisotopic (exact) mass is 328 g/mol. The van der Waals surface area contributed by atoms with Gasteiger partial charge in [0.2, 0.25) is 0 Å². The van der Waals surface area contributed by atoms with Gasteiger partial charge in [0.05, 0.1) is 16.6 Å². The molecule has 0 aliphatic rings. The molecular formula is C21H16N2O2. The Balaban J connectivity index is 1.94. The van der Waals surface area contributed by atoms with Gasteiger partial charge in [-0.3, -0.25) is 0 Å². The van der Waals surface area contributed by atoms with Crippen LogP contribution in [0.5, 0.6) is 0 Å². The molecule has 0 radical (unpaired) electrons. The molecule has 1 heterocycles. The van der Waals surface area contributed by atoms with Crippen LogP contribution in [-0.4, -0.2) is 20.6 Å². The first-order valence-corrected chi connectivity index (χ1v) is 8.05. The molecular weight excluding hydrogens is 312 g/mol. The summed E-state index contributed by atoms with van der Waals surface area (Å²) in [4.78, 5) is 16.1. The van der Waals surface area contributed by atoms with Crippen molar-refractivity contribution in [3.8, 4) is 11.4 Å². The minimum atomic E-state index is -0.935. The molecule has 1 aromatic heterocycles. The van der Waals surface area contributed by atoms with Crippen LogP contribution in [-0.2, 0) is 6.54 Å². The smallest absolute Gasteiger partial charge is 0.335 e. The third-order valence-corrected chi connectivity index (χ3v) is 4.21. The van der Waals surface area contributed by atoms with E-state index in [9.17, 15) is 9.90 Å². The lowest BCUT2D eigenvalue weighted by Crippen LogP contribution is -2.03. The summed E-state index contributed by atoms with van der Waals surface area (Å²) >= 11 is 0. The first-order chi connectivity index (χ1) is 12.2. The molecule has 25 heavy (non-hydrogen) atoms. The molecule has 0 saturated carbocycles. The van der Waals surface area contributed by atoms with E-state index in [-0.39, 0.29) is 5.56 Å². The maximum absolute atomic E-state index is 11.4. The topological polar surface area (TPSA) is 55.1 Å². The molecule has 0 aliphatic carbocycles.